The van der Waals surface area contributed by atoms with Crippen molar-refractivity contribution in [3.05, 3.63) is 47.7 Å². The van der Waals surface area contributed by atoms with Gasteiger partial charge in [-0.05, 0) is 52.7 Å². The van der Waals surface area contributed by atoms with Crippen molar-refractivity contribution in [2.75, 3.05) is 10.0 Å². The topological polar surface area (TPSA) is 123 Å². The minimum absolute atomic E-state index is 0.00216. The fourth-order valence-corrected chi connectivity index (χ4v) is 5.58. The number of thiazole rings is 1. The minimum Gasteiger partial charge on any atom is -0.474 e. The summed E-state index contributed by atoms with van der Waals surface area (Å²) in [6.07, 6.45) is 4.56. The molecule has 0 aliphatic heterocycles. The van der Waals surface area contributed by atoms with Crippen LogP contribution in [-0.4, -0.2) is 40.6 Å². The van der Waals surface area contributed by atoms with Gasteiger partial charge in [-0.25, -0.2) is 18.4 Å². The summed E-state index contributed by atoms with van der Waals surface area (Å²) >= 11 is 1.17. The molecule has 0 spiro atoms. The van der Waals surface area contributed by atoms with Crippen LogP contribution in [0.3, 0.4) is 0 Å². The van der Waals surface area contributed by atoms with Crippen molar-refractivity contribution in [1.29, 1.82) is 0 Å². The normalized spacial score (nSPS) is 14.1. The van der Waals surface area contributed by atoms with Crippen molar-refractivity contribution in [2.45, 2.75) is 57.3 Å². The Morgan fingerprint density at radius 1 is 1.15 bits per heavy atom. The summed E-state index contributed by atoms with van der Waals surface area (Å²) in [6, 6.07) is 7.27. The number of anilines is 2. The van der Waals surface area contributed by atoms with Gasteiger partial charge in [0.1, 0.15) is 0 Å². The van der Waals surface area contributed by atoms with E-state index in [1.54, 1.807) is 43.8 Å². The molecule has 180 valence electrons. The Kier molecular flexibility index (Phi) is 6.59. The van der Waals surface area contributed by atoms with Gasteiger partial charge in [-0.3, -0.25) is 14.5 Å². The van der Waals surface area contributed by atoms with Crippen molar-refractivity contribution in [3.8, 4) is 17.1 Å². The summed E-state index contributed by atoms with van der Waals surface area (Å²) in [5.41, 5.74) is 1.66. The van der Waals surface area contributed by atoms with E-state index in [1.807, 2.05) is 26.0 Å². The van der Waals surface area contributed by atoms with E-state index in [4.69, 9.17) is 4.74 Å². The largest absolute Gasteiger partial charge is 0.474 e. The molecule has 2 heterocycles. The predicted octanol–water partition coefficient (Wildman–Crippen LogP) is 4.21. The van der Waals surface area contributed by atoms with Crippen molar-refractivity contribution in [1.82, 2.24) is 15.0 Å². The molecular weight excluding hydrogens is 474 g/mol. The molecule has 34 heavy (non-hydrogen) atoms. The average Bonchev–Trinajstić information content (AvgIpc) is 3.54. The lowest BCUT2D eigenvalue weighted by Crippen LogP contribution is -2.35. The molecule has 0 bridgehead atoms. The Labute approximate surface area is 203 Å². The van der Waals surface area contributed by atoms with Crippen LogP contribution in [0.2, 0.25) is 0 Å². The van der Waals surface area contributed by atoms with E-state index in [-0.39, 0.29) is 22.4 Å². The molecule has 4 rings (SSSR count). The van der Waals surface area contributed by atoms with Gasteiger partial charge in [-0.2, -0.15) is 0 Å². The predicted molar refractivity (Wildman–Crippen MR) is 133 cm³/mol. The van der Waals surface area contributed by atoms with Gasteiger partial charge in [0.15, 0.2) is 5.13 Å². The number of hydrogen-bond acceptors (Lipinski definition) is 8. The minimum atomic E-state index is -3.40. The number of nitrogens with zero attached hydrogens (tertiary/aromatic N) is 3. The zero-order valence-corrected chi connectivity index (χ0v) is 21.0. The number of benzene rings is 1. The highest BCUT2D eigenvalue weighted by atomic mass is 32.2. The number of ether oxygens (including phenoxy) is 1. The lowest BCUT2D eigenvalue weighted by Gasteiger charge is -2.21. The number of sulfonamides is 1. The number of nitrogens with one attached hydrogen (secondary N) is 2. The first-order valence-electron chi connectivity index (χ1n) is 10.9. The Bertz CT molecular complexity index is 1280. The van der Waals surface area contributed by atoms with Crippen LogP contribution < -0.4 is 14.8 Å². The van der Waals surface area contributed by atoms with E-state index in [9.17, 15) is 13.2 Å². The Hall–Kier alpha value is -3.05. The van der Waals surface area contributed by atoms with E-state index in [1.165, 1.54) is 11.3 Å². The van der Waals surface area contributed by atoms with E-state index in [0.29, 0.717) is 35.8 Å². The quantitative estimate of drug-likeness (QED) is 0.450. The van der Waals surface area contributed by atoms with Crippen LogP contribution in [0.1, 0.15) is 46.2 Å². The molecule has 2 N–H and O–H groups in total. The molecule has 11 heteroatoms. The number of rotatable bonds is 9. The van der Waals surface area contributed by atoms with Gasteiger partial charge >= 0.3 is 0 Å². The summed E-state index contributed by atoms with van der Waals surface area (Å²) in [6.45, 7) is 7.35. The van der Waals surface area contributed by atoms with Crippen LogP contribution >= 0.6 is 11.3 Å². The highest BCUT2D eigenvalue weighted by Gasteiger charge is 2.37. The number of amides is 1. The smallest absolute Gasteiger partial charge is 0.237 e. The zero-order chi connectivity index (χ0) is 24.5. The third-order valence-corrected chi connectivity index (χ3v) is 8.03. The van der Waals surface area contributed by atoms with E-state index in [0.717, 1.165) is 5.56 Å². The maximum absolute atomic E-state index is 13.0. The van der Waals surface area contributed by atoms with Crippen LogP contribution in [0.4, 0.5) is 10.8 Å². The van der Waals surface area contributed by atoms with E-state index >= 15 is 0 Å². The Morgan fingerprint density at radius 2 is 1.85 bits per heavy atom. The van der Waals surface area contributed by atoms with Gasteiger partial charge in [-0.15, -0.1) is 11.3 Å². The maximum atomic E-state index is 13.0. The van der Waals surface area contributed by atoms with Gasteiger partial charge < -0.3 is 10.1 Å². The molecule has 1 aromatic carbocycles. The monoisotopic (exact) mass is 501 g/mol. The number of carbonyl (C=O) groups excluding carboxylic acids is 1. The van der Waals surface area contributed by atoms with Gasteiger partial charge in [0, 0.05) is 16.6 Å². The standard InChI is InChI=1S/C23H27N5O4S2/c1-14(2)32-20-12-24-11-18(26-20)15-5-7-16(8-6-15)25-21(29)23(3,4)19-13-33-22(27-19)28-34(30,31)17-9-10-17/h5-8,11-14,17H,9-10H2,1-4H3,(H,25,29)(H,27,28). The molecule has 1 saturated carbocycles. The first-order valence-corrected chi connectivity index (χ1v) is 13.4. The Morgan fingerprint density at radius 3 is 2.50 bits per heavy atom. The highest BCUT2D eigenvalue weighted by molar-refractivity contribution is 7.93. The van der Waals surface area contributed by atoms with Crippen LogP contribution in [0.15, 0.2) is 42.0 Å². The molecule has 2 aromatic heterocycles. The van der Waals surface area contributed by atoms with Gasteiger partial charge in [0.05, 0.1) is 40.6 Å². The molecule has 0 unspecified atom stereocenters. The maximum Gasteiger partial charge on any atom is 0.237 e. The highest BCUT2D eigenvalue weighted by Crippen LogP contribution is 2.33. The first-order chi connectivity index (χ1) is 16.0. The zero-order valence-electron chi connectivity index (χ0n) is 19.4. The number of carbonyl (C=O) groups is 1. The molecule has 9 nitrogen and oxygen atoms in total. The average molecular weight is 502 g/mol. The molecule has 1 amide bonds. The first kappa shape index (κ1) is 24.1. The van der Waals surface area contributed by atoms with Crippen molar-refractivity contribution < 1.29 is 17.9 Å². The lowest BCUT2D eigenvalue weighted by atomic mass is 9.89. The molecule has 1 fully saturated rings. The fraction of sp³-hybridized carbons (Fsp3) is 0.391. The van der Waals surface area contributed by atoms with Gasteiger partial charge in [0.2, 0.25) is 21.8 Å². The van der Waals surface area contributed by atoms with Crippen LogP contribution in [0.25, 0.3) is 11.3 Å². The van der Waals surface area contributed by atoms with Gasteiger partial charge in [-0.1, -0.05) is 12.1 Å². The molecule has 1 aliphatic rings. The second kappa shape index (κ2) is 9.30. The molecule has 3 aromatic rings. The third kappa shape index (κ3) is 5.53. The summed E-state index contributed by atoms with van der Waals surface area (Å²) < 4.78 is 32.4. The second-order valence-electron chi connectivity index (χ2n) is 8.95. The van der Waals surface area contributed by atoms with Crippen molar-refractivity contribution >= 4 is 38.1 Å². The third-order valence-electron chi connectivity index (χ3n) is 5.31. The summed E-state index contributed by atoms with van der Waals surface area (Å²) in [7, 11) is -3.40. The van der Waals surface area contributed by atoms with Crippen LogP contribution in [-0.2, 0) is 20.2 Å². The molecule has 0 radical (unpaired) electrons. The van der Waals surface area contributed by atoms with Crippen molar-refractivity contribution in [3.63, 3.8) is 0 Å². The van der Waals surface area contributed by atoms with E-state index in [2.05, 4.69) is 25.0 Å². The van der Waals surface area contributed by atoms with Crippen LogP contribution in [0, 0.1) is 0 Å². The summed E-state index contributed by atoms with van der Waals surface area (Å²) in [4.78, 5) is 26.0. The van der Waals surface area contributed by atoms with Crippen LogP contribution in [0.5, 0.6) is 5.88 Å². The molecule has 0 saturated heterocycles. The number of aromatic nitrogens is 3. The lowest BCUT2D eigenvalue weighted by molar-refractivity contribution is -0.120. The SMILES string of the molecule is CC(C)Oc1cncc(-c2ccc(NC(=O)C(C)(C)c3csc(NS(=O)(=O)C4CC4)n3)cc2)n1. The van der Waals surface area contributed by atoms with Gasteiger partial charge in [0.25, 0.3) is 0 Å². The molecular formula is C23H27N5O4S2. The van der Waals surface area contributed by atoms with E-state index < -0.39 is 15.4 Å². The molecule has 1 aliphatic carbocycles. The second-order valence-corrected chi connectivity index (χ2v) is 11.8. The number of hydrogen-bond donors (Lipinski definition) is 2. The molecule has 0 atom stereocenters. The summed E-state index contributed by atoms with van der Waals surface area (Å²) in [5, 5.41) is 4.55. The Balaban J connectivity index is 1.43. The van der Waals surface area contributed by atoms with Crippen molar-refractivity contribution in [2.24, 2.45) is 0 Å². The fourth-order valence-electron chi connectivity index (χ4n) is 3.10. The summed E-state index contributed by atoms with van der Waals surface area (Å²) in [5.74, 6) is 0.197.